The molecule has 1 fully saturated rings. The fourth-order valence-electron chi connectivity index (χ4n) is 3.27. The summed E-state index contributed by atoms with van der Waals surface area (Å²) < 4.78 is 0. The van der Waals surface area contributed by atoms with Crippen molar-refractivity contribution in [3.63, 3.8) is 0 Å². The molecule has 3 N–H and O–H groups in total. The Kier molecular flexibility index (Phi) is 6.77. The number of aliphatic carboxylic acids is 1. The summed E-state index contributed by atoms with van der Waals surface area (Å²) in [5.41, 5.74) is 1.88. The highest BCUT2D eigenvalue weighted by Crippen LogP contribution is 2.39. The first-order chi connectivity index (χ1) is 12.2. The van der Waals surface area contributed by atoms with Gasteiger partial charge in [-0.2, -0.15) is 0 Å². The van der Waals surface area contributed by atoms with E-state index in [1.54, 1.807) is 24.3 Å². The monoisotopic (exact) mass is 360 g/mol. The van der Waals surface area contributed by atoms with E-state index in [4.69, 9.17) is 5.11 Å². The number of carbonyl (C=O) groups excluding carboxylic acids is 2. The summed E-state index contributed by atoms with van der Waals surface area (Å²) in [5, 5.41) is 13.8. The van der Waals surface area contributed by atoms with E-state index < -0.39 is 5.97 Å². The summed E-state index contributed by atoms with van der Waals surface area (Å²) >= 11 is 0. The number of hydrogen-bond acceptors (Lipinski definition) is 3. The van der Waals surface area contributed by atoms with E-state index in [1.807, 2.05) is 0 Å². The molecule has 1 aliphatic carbocycles. The number of carboxylic acid groups (broad SMARTS) is 1. The fraction of sp³-hybridized carbons (Fsp3) is 0.550. The smallest absolute Gasteiger partial charge is 0.322 e. The molecule has 0 radical (unpaired) electrons. The number of benzene rings is 1. The van der Waals surface area contributed by atoms with Crippen LogP contribution < -0.4 is 10.6 Å². The summed E-state index contributed by atoms with van der Waals surface area (Å²) in [6, 6.07) is 7.06. The summed E-state index contributed by atoms with van der Waals surface area (Å²) in [4.78, 5) is 34.2. The minimum Gasteiger partial charge on any atom is -0.480 e. The summed E-state index contributed by atoms with van der Waals surface area (Å²) in [5.74, 6) is -0.927. The van der Waals surface area contributed by atoms with Crippen molar-refractivity contribution < 1.29 is 19.5 Å². The Morgan fingerprint density at radius 2 is 1.69 bits per heavy atom. The molecule has 0 heterocycles. The van der Waals surface area contributed by atoms with Gasteiger partial charge in [0, 0.05) is 12.1 Å². The lowest BCUT2D eigenvalue weighted by Crippen LogP contribution is -2.30. The molecular formula is C20H28N2O4. The van der Waals surface area contributed by atoms with Crippen LogP contribution in [0, 0.1) is 11.3 Å². The molecule has 1 aliphatic rings. The number of anilines is 1. The van der Waals surface area contributed by atoms with Crippen LogP contribution in [0.4, 0.5) is 5.69 Å². The van der Waals surface area contributed by atoms with Crippen LogP contribution in [0.2, 0.25) is 0 Å². The molecular weight excluding hydrogens is 332 g/mol. The lowest BCUT2D eigenvalue weighted by atomic mass is 9.72. The lowest BCUT2D eigenvalue weighted by molar-refractivity contribution is -0.137. The number of hydrogen-bond donors (Lipinski definition) is 3. The number of nitrogens with one attached hydrogen (secondary N) is 2. The van der Waals surface area contributed by atoms with E-state index in [2.05, 4.69) is 24.5 Å². The first-order valence-corrected chi connectivity index (χ1v) is 9.11. The van der Waals surface area contributed by atoms with Gasteiger partial charge in [-0.3, -0.25) is 14.4 Å². The van der Waals surface area contributed by atoms with Crippen molar-refractivity contribution in [2.45, 2.75) is 52.4 Å². The van der Waals surface area contributed by atoms with Crippen LogP contribution in [-0.4, -0.2) is 29.4 Å². The minimum absolute atomic E-state index is 0.0293. The van der Waals surface area contributed by atoms with Gasteiger partial charge in [0.15, 0.2) is 0 Å². The summed E-state index contributed by atoms with van der Waals surface area (Å²) in [7, 11) is 0. The van der Waals surface area contributed by atoms with Crippen molar-refractivity contribution in [3.05, 3.63) is 29.8 Å². The van der Waals surface area contributed by atoms with Crippen molar-refractivity contribution in [2.24, 2.45) is 11.3 Å². The molecule has 26 heavy (non-hydrogen) atoms. The second-order valence-corrected chi connectivity index (χ2v) is 7.90. The molecule has 0 saturated heterocycles. The van der Waals surface area contributed by atoms with Gasteiger partial charge < -0.3 is 15.7 Å². The van der Waals surface area contributed by atoms with E-state index in [9.17, 15) is 14.4 Å². The molecule has 0 bridgehead atoms. The lowest BCUT2D eigenvalue weighted by Gasteiger charge is -2.34. The predicted octanol–water partition coefficient (Wildman–Crippen LogP) is 2.97. The Hall–Kier alpha value is -2.37. The van der Waals surface area contributed by atoms with Crippen molar-refractivity contribution >= 4 is 23.5 Å². The van der Waals surface area contributed by atoms with E-state index in [0.717, 1.165) is 18.4 Å². The quantitative estimate of drug-likeness (QED) is 0.696. The highest BCUT2D eigenvalue weighted by atomic mass is 16.4. The minimum atomic E-state index is -1.07. The van der Waals surface area contributed by atoms with Gasteiger partial charge in [-0.1, -0.05) is 26.0 Å². The second kappa shape index (κ2) is 8.83. The molecule has 0 aliphatic heterocycles. The maximum Gasteiger partial charge on any atom is 0.322 e. The summed E-state index contributed by atoms with van der Waals surface area (Å²) in [6.45, 7) is 4.19. The number of rotatable bonds is 7. The van der Waals surface area contributed by atoms with Crippen molar-refractivity contribution in [1.29, 1.82) is 0 Å². The molecule has 0 unspecified atom stereocenters. The maximum absolute atomic E-state index is 12.2. The molecule has 0 atom stereocenters. The number of carboxylic acids is 1. The average molecular weight is 360 g/mol. The van der Waals surface area contributed by atoms with Crippen molar-refractivity contribution in [1.82, 2.24) is 5.32 Å². The molecule has 1 saturated carbocycles. The highest BCUT2D eigenvalue weighted by molar-refractivity contribution is 5.91. The molecule has 6 nitrogen and oxygen atoms in total. The highest BCUT2D eigenvalue weighted by Gasteiger charge is 2.27. The predicted molar refractivity (Wildman–Crippen MR) is 99.8 cm³/mol. The normalized spacial score (nSPS) is 16.7. The summed E-state index contributed by atoms with van der Waals surface area (Å²) in [6.07, 6.45) is 5.21. The third kappa shape index (κ3) is 6.86. The average Bonchev–Trinajstić information content (AvgIpc) is 2.57. The molecule has 2 amide bonds. The van der Waals surface area contributed by atoms with Gasteiger partial charge >= 0.3 is 5.97 Å². The fourth-order valence-corrected chi connectivity index (χ4v) is 3.27. The van der Waals surface area contributed by atoms with Gasteiger partial charge in [0.25, 0.3) is 0 Å². The SMILES string of the molecule is CC1(C)CCC(CC(=O)Nc2ccc(CC(=O)NCC(=O)O)cc2)CC1. The largest absolute Gasteiger partial charge is 0.480 e. The Bertz CT molecular complexity index is 642. The van der Waals surface area contributed by atoms with Gasteiger partial charge in [-0.25, -0.2) is 0 Å². The Morgan fingerprint density at radius 1 is 1.08 bits per heavy atom. The molecule has 6 heteroatoms. The third-order valence-corrected chi connectivity index (χ3v) is 4.97. The van der Waals surface area contributed by atoms with Crippen molar-refractivity contribution in [3.8, 4) is 0 Å². The standard InChI is InChI=1S/C20H28N2O4/c1-20(2)9-7-15(8-10-20)12-18(24)22-16-5-3-14(4-6-16)11-17(23)21-13-19(25)26/h3-6,15H,7-13H2,1-2H3,(H,21,23)(H,22,24)(H,25,26). The zero-order valence-corrected chi connectivity index (χ0v) is 15.5. The maximum atomic E-state index is 12.2. The molecule has 0 spiro atoms. The van der Waals surface area contributed by atoms with E-state index in [0.29, 0.717) is 23.4 Å². The van der Waals surface area contributed by atoms with E-state index >= 15 is 0 Å². The second-order valence-electron chi connectivity index (χ2n) is 7.90. The molecule has 0 aromatic heterocycles. The van der Waals surface area contributed by atoms with Gasteiger partial charge in [0.1, 0.15) is 6.54 Å². The first-order valence-electron chi connectivity index (χ1n) is 9.11. The van der Waals surface area contributed by atoms with Gasteiger partial charge in [0.2, 0.25) is 11.8 Å². The Morgan fingerprint density at radius 3 is 2.27 bits per heavy atom. The van der Waals surface area contributed by atoms with Crippen LogP contribution in [0.5, 0.6) is 0 Å². The molecule has 1 aromatic rings. The van der Waals surface area contributed by atoms with Gasteiger partial charge in [-0.15, -0.1) is 0 Å². The van der Waals surface area contributed by atoms with Gasteiger partial charge in [-0.05, 0) is 54.7 Å². The topological polar surface area (TPSA) is 95.5 Å². The first kappa shape index (κ1) is 19.9. The Labute approximate surface area is 154 Å². The van der Waals surface area contributed by atoms with Crippen LogP contribution in [0.15, 0.2) is 24.3 Å². The van der Waals surface area contributed by atoms with Crippen LogP contribution in [0.25, 0.3) is 0 Å². The van der Waals surface area contributed by atoms with E-state index in [-0.39, 0.29) is 24.8 Å². The zero-order valence-electron chi connectivity index (χ0n) is 15.5. The van der Waals surface area contributed by atoms with Crippen LogP contribution in [0.1, 0.15) is 51.5 Å². The zero-order chi connectivity index (χ0) is 19.2. The molecule has 1 aromatic carbocycles. The third-order valence-electron chi connectivity index (χ3n) is 4.97. The Balaban J connectivity index is 1.77. The molecule has 142 valence electrons. The number of amides is 2. The van der Waals surface area contributed by atoms with Crippen molar-refractivity contribution in [2.75, 3.05) is 11.9 Å². The molecule has 2 rings (SSSR count). The van der Waals surface area contributed by atoms with Crippen LogP contribution in [0.3, 0.4) is 0 Å². The van der Waals surface area contributed by atoms with Crippen LogP contribution in [-0.2, 0) is 20.8 Å². The van der Waals surface area contributed by atoms with Gasteiger partial charge in [0.05, 0.1) is 6.42 Å². The van der Waals surface area contributed by atoms with E-state index in [1.165, 1.54) is 12.8 Å². The number of carbonyl (C=O) groups is 3. The van der Waals surface area contributed by atoms with Crippen LogP contribution >= 0.6 is 0 Å².